The molecule has 0 saturated heterocycles. The van der Waals surface area contributed by atoms with E-state index in [0.717, 1.165) is 18.4 Å². The molecule has 8 heteroatoms. The summed E-state index contributed by atoms with van der Waals surface area (Å²) in [5, 5.41) is 0. The summed E-state index contributed by atoms with van der Waals surface area (Å²) in [6, 6.07) is 4.17. The Kier molecular flexibility index (Phi) is 4.71. The maximum Gasteiger partial charge on any atom is 0.320 e. The summed E-state index contributed by atoms with van der Waals surface area (Å²) >= 11 is 3.46. The zero-order chi connectivity index (χ0) is 16.2. The van der Waals surface area contributed by atoms with Crippen LogP contribution in [0.15, 0.2) is 29.3 Å². The fraction of sp³-hybridized carbons (Fsp3) is 0.333. The van der Waals surface area contributed by atoms with E-state index in [1.807, 2.05) is 22.9 Å². The number of hydrogen-bond donors (Lipinski definition) is 1. The molecular weight excluding hydrogens is 360 g/mol. The van der Waals surface area contributed by atoms with Gasteiger partial charge in [-0.1, -0.05) is 19.4 Å². The van der Waals surface area contributed by atoms with Crippen molar-refractivity contribution in [1.29, 1.82) is 0 Å². The first kappa shape index (κ1) is 15.7. The molecular formula is C15H17BrN6O. The summed E-state index contributed by atoms with van der Waals surface area (Å²) in [6.07, 6.45) is 5.54. The summed E-state index contributed by atoms with van der Waals surface area (Å²) in [5.74, 6) is 0.312. The van der Waals surface area contributed by atoms with Crippen LogP contribution in [0.25, 0.3) is 11.2 Å². The lowest BCUT2D eigenvalue weighted by Gasteiger charge is -2.07. The number of imidazole rings is 1. The SMILES string of the molecule is CCCCOc1nc(N)c2nc(Br)n(Cc3cccnc3)c2n1. The van der Waals surface area contributed by atoms with Gasteiger partial charge in [0.25, 0.3) is 0 Å². The fourth-order valence-electron chi connectivity index (χ4n) is 2.16. The number of nitrogens with two attached hydrogens (primary N) is 1. The second-order valence-corrected chi connectivity index (χ2v) is 5.80. The quantitative estimate of drug-likeness (QED) is 0.525. The molecule has 120 valence electrons. The third kappa shape index (κ3) is 3.42. The van der Waals surface area contributed by atoms with Gasteiger partial charge < -0.3 is 10.5 Å². The van der Waals surface area contributed by atoms with Crippen molar-refractivity contribution >= 4 is 32.9 Å². The minimum Gasteiger partial charge on any atom is -0.463 e. The molecule has 0 unspecified atom stereocenters. The van der Waals surface area contributed by atoms with E-state index in [1.54, 1.807) is 6.20 Å². The molecule has 0 aliphatic heterocycles. The number of anilines is 1. The van der Waals surface area contributed by atoms with Gasteiger partial charge in [0.15, 0.2) is 21.7 Å². The van der Waals surface area contributed by atoms with E-state index < -0.39 is 0 Å². The van der Waals surface area contributed by atoms with Gasteiger partial charge in [-0.2, -0.15) is 9.97 Å². The third-order valence-electron chi connectivity index (χ3n) is 3.35. The average Bonchev–Trinajstić information content (AvgIpc) is 2.86. The molecule has 3 rings (SSSR count). The Bertz CT molecular complexity index is 805. The first-order valence-electron chi connectivity index (χ1n) is 7.40. The molecule has 0 bridgehead atoms. The van der Waals surface area contributed by atoms with Crippen LogP contribution < -0.4 is 10.5 Å². The van der Waals surface area contributed by atoms with Crippen molar-refractivity contribution in [2.45, 2.75) is 26.3 Å². The zero-order valence-corrected chi connectivity index (χ0v) is 14.3. The third-order valence-corrected chi connectivity index (χ3v) is 3.95. The number of nitrogens with zero attached hydrogens (tertiary/aromatic N) is 5. The van der Waals surface area contributed by atoms with E-state index in [9.17, 15) is 0 Å². The van der Waals surface area contributed by atoms with Crippen LogP contribution >= 0.6 is 15.9 Å². The highest BCUT2D eigenvalue weighted by molar-refractivity contribution is 9.10. The molecule has 3 heterocycles. The molecule has 0 saturated carbocycles. The van der Waals surface area contributed by atoms with Gasteiger partial charge in [0.2, 0.25) is 0 Å². The van der Waals surface area contributed by atoms with Crippen LogP contribution in [0.1, 0.15) is 25.3 Å². The van der Waals surface area contributed by atoms with Crippen LogP contribution in [0.5, 0.6) is 6.01 Å². The van der Waals surface area contributed by atoms with Crippen LogP contribution in [-0.2, 0) is 6.54 Å². The predicted molar refractivity (Wildman–Crippen MR) is 91.2 cm³/mol. The van der Waals surface area contributed by atoms with Crippen molar-refractivity contribution in [2.75, 3.05) is 12.3 Å². The molecule has 0 radical (unpaired) electrons. The van der Waals surface area contributed by atoms with Crippen LogP contribution in [0.2, 0.25) is 0 Å². The van der Waals surface area contributed by atoms with Crippen molar-refractivity contribution < 1.29 is 4.74 Å². The number of halogens is 1. The van der Waals surface area contributed by atoms with Crippen molar-refractivity contribution in [3.05, 3.63) is 34.8 Å². The van der Waals surface area contributed by atoms with Gasteiger partial charge in [0, 0.05) is 12.4 Å². The van der Waals surface area contributed by atoms with Crippen molar-refractivity contribution in [2.24, 2.45) is 0 Å². The van der Waals surface area contributed by atoms with Gasteiger partial charge in [-0.25, -0.2) is 4.98 Å². The van der Waals surface area contributed by atoms with Crippen molar-refractivity contribution in [3.63, 3.8) is 0 Å². The standard InChI is InChI=1S/C15H17BrN6O/c1-2-3-7-23-15-20-12(17)11-13(21-15)22(14(16)19-11)9-10-5-4-6-18-8-10/h4-6,8H,2-3,7,9H2,1H3,(H2,17,20,21). The first-order chi connectivity index (χ1) is 11.2. The molecule has 2 N–H and O–H groups in total. The lowest BCUT2D eigenvalue weighted by atomic mass is 10.3. The highest BCUT2D eigenvalue weighted by atomic mass is 79.9. The molecule has 23 heavy (non-hydrogen) atoms. The molecule has 0 fully saturated rings. The monoisotopic (exact) mass is 376 g/mol. The number of unbranched alkanes of at least 4 members (excludes halogenated alkanes) is 1. The lowest BCUT2D eigenvalue weighted by Crippen LogP contribution is -2.06. The molecule has 7 nitrogen and oxygen atoms in total. The van der Waals surface area contributed by atoms with Crippen molar-refractivity contribution in [3.8, 4) is 6.01 Å². The Balaban J connectivity index is 1.98. The number of nitrogen functional groups attached to an aromatic ring is 1. The molecule has 0 amide bonds. The highest BCUT2D eigenvalue weighted by Crippen LogP contribution is 2.25. The van der Waals surface area contributed by atoms with Crippen LogP contribution in [-0.4, -0.2) is 31.1 Å². The predicted octanol–water partition coefficient (Wildman–Crippen LogP) is 2.79. The number of fused-ring (bicyclic) bond motifs is 1. The zero-order valence-electron chi connectivity index (χ0n) is 12.7. The highest BCUT2D eigenvalue weighted by Gasteiger charge is 2.16. The minimum atomic E-state index is 0.281. The van der Waals surface area contributed by atoms with Gasteiger partial charge in [-0.05, 0) is 34.0 Å². The number of aromatic nitrogens is 5. The van der Waals surface area contributed by atoms with Gasteiger partial charge in [0.1, 0.15) is 0 Å². The van der Waals surface area contributed by atoms with E-state index in [4.69, 9.17) is 10.5 Å². The normalized spacial score (nSPS) is 11.0. The van der Waals surface area contributed by atoms with E-state index in [-0.39, 0.29) is 6.01 Å². The summed E-state index contributed by atoms with van der Waals surface area (Å²) in [6.45, 7) is 3.25. The second-order valence-electron chi connectivity index (χ2n) is 5.09. The maximum atomic E-state index is 6.00. The number of rotatable bonds is 6. The van der Waals surface area contributed by atoms with Gasteiger partial charge in [-0.3, -0.25) is 9.55 Å². The van der Waals surface area contributed by atoms with E-state index in [2.05, 4.69) is 42.8 Å². The van der Waals surface area contributed by atoms with Crippen LogP contribution in [0.4, 0.5) is 5.82 Å². The number of hydrogen-bond acceptors (Lipinski definition) is 6. The summed E-state index contributed by atoms with van der Waals surface area (Å²) in [5.41, 5.74) is 8.23. The molecule has 0 aromatic carbocycles. The summed E-state index contributed by atoms with van der Waals surface area (Å²) in [4.78, 5) is 17.2. The Morgan fingerprint density at radius 1 is 1.30 bits per heavy atom. The van der Waals surface area contributed by atoms with E-state index >= 15 is 0 Å². The number of pyridine rings is 1. The first-order valence-corrected chi connectivity index (χ1v) is 8.19. The average molecular weight is 377 g/mol. The van der Waals surface area contributed by atoms with E-state index in [0.29, 0.717) is 34.9 Å². The Morgan fingerprint density at radius 3 is 2.91 bits per heavy atom. The van der Waals surface area contributed by atoms with Gasteiger partial charge >= 0.3 is 6.01 Å². The van der Waals surface area contributed by atoms with Gasteiger partial charge in [-0.15, -0.1) is 0 Å². The van der Waals surface area contributed by atoms with Crippen LogP contribution in [0.3, 0.4) is 0 Å². The number of ether oxygens (including phenoxy) is 1. The van der Waals surface area contributed by atoms with Gasteiger partial charge in [0.05, 0.1) is 13.2 Å². The Hall–Kier alpha value is -2.22. The topological polar surface area (TPSA) is 91.7 Å². The molecule has 0 aliphatic rings. The van der Waals surface area contributed by atoms with Crippen molar-refractivity contribution in [1.82, 2.24) is 24.5 Å². The molecule has 3 aromatic rings. The molecule has 0 atom stereocenters. The maximum absolute atomic E-state index is 6.00. The fourth-order valence-corrected chi connectivity index (χ4v) is 2.63. The summed E-state index contributed by atoms with van der Waals surface area (Å²) in [7, 11) is 0. The Labute approximate surface area is 142 Å². The molecule has 0 aliphatic carbocycles. The minimum absolute atomic E-state index is 0.281. The van der Waals surface area contributed by atoms with Crippen LogP contribution in [0, 0.1) is 0 Å². The largest absolute Gasteiger partial charge is 0.463 e. The Morgan fingerprint density at radius 2 is 2.17 bits per heavy atom. The summed E-state index contributed by atoms with van der Waals surface area (Å²) < 4.78 is 8.13. The molecule has 3 aromatic heterocycles. The smallest absolute Gasteiger partial charge is 0.320 e. The molecule has 0 spiro atoms. The second kappa shape index (κ2) is 6.91. The van der Waals surface area contributed by atoms with E-state index in [1.165, 1.54) is 0 Å². The lowest BCUT2D eigenvalue weighted by molar-refractivity contribution is 0.286.